The number of alkyl halides is 6. The number of benzene rings is 1. The Balaban J connectivity index is 2.47. The van der Waals surface area contributed by atoms with E-state index in [4.69, 9.17) is 69.6 Å². The Morgan fingerprint density at radius 3 is 1.52 bits per heavy atom. The zero-order valence-electron chi connectivity index (χ0n) is 13.3. The van der Waals surface area contributed by atoms with Crippen molar-refractivity contribution in [3.8, 4) is 11.4 Å². The summed E-state index contributed by atoms with van der Waals surface area (Å²) in [5.41, 5.74) is 0.687. The average molecular weight is 480 g/mol. The molecule has 0 unspecified atom stereocenters. The van der Waals surface area contributed by atoms with E-state index >= 15 is 0 Å². The molecule has 136 valence electrons. The number of nitrogens with zero attached hydrogens (tertiary/aromatic N) is 3. The molecule has 2 aromatic rings. The van der Waals surface area contributed by atoms with Crippen LogP contribution in [0.1, 0.15) is 32.4 Å². The maximum atomic E-state index is 5.88. The van der Waals surface area contributed by atoms with Crippen molar-refractivity contribution in [2.75, 3.05) is 0 Å². The van der Waals surface area contributed by atoms with E-state index in [1.807, 2.05) is 24.3 Å². The van der Waals surface area contributed by atoms with E-state index < -0.39 is 7.59 Å². The molecular weight excluding hydrogens is 467 g/mol. The highest BCUT2D eigenvalue weighted by molar-refractivity contribution is 8.00. The Morgan fingerprint density at radius 1 is 0.720 bits per heavy atom. The second kappa shape index (κ2) is 7.75. The summed E-state index contributed by atoms with van der Waals surface area (Å²) >= 11 is 37.0. The Labute approximate surface area is 180 Å². The summed E-state index contributed by atoms with van der Waals surface area (Å²) in [6, 6.07) is 7.62. The first kappa shape index (κ1) is 21.6. The number of thioether (sulfide) groups is 1. The minimum absolute atomic E-state index is 0.0972. The molecule has 0 aliphatic rings. The predicted molar refractivity (Wildman–Crippen MR) is 109 cm³/mol. The molecule has 0 aliphatic heterocycles. The summed E-state index contributed by atoms with van der Waals surface area (Å²) in [6.07, 6.45) is 0. The van der Waals surface area contributed by atoms with Crippen LogP contribution >= 0.6 is 81.4 Å². The first-order valence-corrected chi connectivity index (χ1v) is 10.0. The van der Waals surface area contributed by atoms with Crippen molar-refractivity contribution in [1.29, 1.82) is 0 Å². The molecule has 1 aromatic carbocycles. The van der Waals surface area contributed by atoms with E-state index in [2.05, 4.69) is 35.7 Å². The lowest BCUT2D eigenvalue weighted by molar-refractivity contribution is 0.803. The molecule has 10 heteroatoms. The van der Waals surface area contributed by atoms with Gasteiger partial charge < -0.3 is 0 Å². The van der Waals surface area contributed by atoms with Crippen molar-refractivity contribution in [2.45, 2.75) is 38.0 Å². The molecular formula is C15H13Cl6N3S. The average Bonchev–Trinajstić information content (AvgIpc) is 2.44. The summed E-state index contributed by atoms with van der Waals surface area (Å²) in [7, 11) is 0. The van der Waals surface area contributed by atoms with E-state index in [1.54, 1.807) is 11.8 Å². The van der Waals surface area contributed by atoms with Gasteiger partial charge >= 0.3 is 0 Å². The topological polar surface area (TPSA) is 38.7 Å². The molecule has 0 spiro atoms. The van der Waals surface area contributed by atoms with Crippen molar-refractivity contribution in [3.63, 3.8) is 0 Å². The highest BCUT2D eigenvalue weighted by Gasteiger charge is 2.34. The first-order chi connectivity index (χ1) is 11.3. The Kier molecular flexibility index (Phi) is 6.70. The Morgan fingerprint density at radius 2 is 1.16 bits per heavy atom. The van der Waals surface area contributed by atoms with E-state index in [0.29, 0.717) is 5.56 Å². The monoisotopic (exact) mass is 477 g/mol. The maximum absolute atomic E-state index is 5.88. The largest absolute Gasteiger partial charge is 0.250 e. The fourth-order valence-electron chi connectivity index (χ4n) is 1.78. The molecule has 0 atom stereocenters. The van der Waals surface area contributed by atoms with Crippen LogP contribution < -0.4 is 0 Å². The molecule has 2 rings (SSSR count). The van der Waals surface area contributed by atoms with Gasteiger partial charge in [-0.1, -0.05) is 103 Å². The quantitative estimate of drug-likeness (QED) is 0.340. The highest BCUT2D eigenvalue weighted by Crippen LogP contribution is 2.41. The van der Waals surface area contributed by atoms with Gasteiger partial charge in [0.1, 0.15) is 0 Å². The molecule has 25 heavy (non-hydrogen) atoms. The normalized spacial score (nSPS) is 13.2. The minimum Gasteiger partial charge on any atom is -0.209 e. The van der Waals surface area contributed by atoms with Gasteiger partial charge in [0, 0.05) is 15.2 Å². The molecule has 0 fully saturated rings. The number of hydrogen-bond acceptors (Lipinski definition) is 4. The third kappa shape index (κ3) is 6.46. The fraction of sp³-hybridized carbons (Fsp3) is 0.400. The summed E-state index contributed by atoms with van der Waals surface area (Å²) in [4.78, 5) is 13.4. The van der Waals surface area contributed by atoms with Gasteiger partial charge in [-0.2, -0.15) is 0 Å². The van der Waals surface area contributed by atoms with Crippen LogP contribution in [0.25, 0.3) is 11.4 Å². The van der Waals surface area contributed by atoms with Crippen LogP contribution in [0.5, 0.6) is 0 Å². The van der Waals surface area contributed by atoms with Crippen LogP contribution in [0.3, 0.4) is 0 Å². The molecule has 0 radical (unpaired) electrons. The van der Waals surface area contributed by atoms with Crippen molar-refractivity contribution in [1.82, 2.24) is 15.0 Å². The van der Waals surface area contributed by atoms with Gasteiger partial charge in [0.25, 0.3) is 0 Å². The second-order valence-electron chi connectivity index (χ2n) is 6.04. The summed E-state index contributed by atoms with van der Waals surface area (Å²) in [6.45, 7) is 6.41. The molecule has 0 bridgehead atoms. The number of hydrogen-bond donors (Lipinski definition) is 0. The van der Waals surface area contributed by atoms with Crippen LogP contribution in [0.15, 0.2) is 29.2 Å². The van der Waals surface area contributed by atoms with E-state index in [0.717, 1.165) is 4.90 Å². The van der Waals surface area contributed by atoms with Crippen LogP contribution in [0.2, 0.25) is 0 Å². The lowest BCUT2D eigenvalue weighted by Crippen LogP contribution is -2.16. The first-order valence-electron chi connectivity index (χ1n) is 6.96. The summed E-state index contributed by atoms with van der Waals surface area (Å²) in [5, 5.41) is 0. The van der Waals surface area contributed by atoms with Crippen molar-refractivity contribution < 1.29 is 0 Å². The predicted octanol–water partition coefficient (Wildman–Crippen LogP) is 7.08. The van der Waals surface area contributed by atoms with Gasteiger partial charge in [0.15, 0.2) is 17.5 Å². The van der Waals surface area contributed by atoms with Gasteiger partial charge in [-0.25, -0.2) is 15.0 Å². The van der Waals surface area contributed by atoms with Crippen LogP contribution in [0, 0.1) is 0 Å². The lowest BCUT2D eigenvalue weighted by atomic mass is 10.2. The minimum atomic E-state index is -1.87. The lowest BCUT2D eigenvalue weighted by Gasteiger charge is -2.18. The Hall–Kier alpha value is 0.320. The number of rotatable bonds is 2. The Bertz CT molecular complexity index is 716. The SMILES string of the molecule is CC(C)(C)Sc1ccc(-c2nc(C(Cl)(Cl)Cl)nc(C(Cl)(Cl)Cl)n2)cc1. The highest BCUT2D eigenvalue weighted by atomic mass is 35.6. The zero-order chi connectivity index (χ0) is 19.0. The van der Waals surface area contributed by atoms with E-state index in [-0.39, 0.29) is 22.2 Å². The molecule has 1 heterocycles. The van der Waals surface area contributed by atoms with E-state index in [1.165, 1.54) is 0 Å². The number of halogens is 6. The van der Waals surface area contributed by atoms with Crippen LogP contribution in [-0.4, -0.2) is 19.7 Å². The van der Waals surface area contributed by atoms with Crippen LogP contribution in [0.4, 0.5) is 0 Å². The van der Waals surface area contributed by atoms with Gasteiger partial charge in [-0.05, 0) is 12.1 Å². The third-order valence-electron chi connectivity index (χ3n) is 2.68. The molecule has 1 aromatic heterocycles. The standard InChI is InChI=1S/C15H13Cl6N3S/c1-13(2,3)25-9-6-4-8(5-7-9)10-22-11(14(16,17)18)24-12(23-10)15(19,20)21/h4-7H,1-3H3. The zero-order valence-corrected chi connectivity index (χ0v) is 18.7. The fourth-order valence-corrected chi connectivity index (χ4v) is 3.27. The second-order valence-corrected chi connectivity index (χ2v) is 12.5. The van der Waals surface area contributed by atoms with Gasteiger partial charge in [0.05, 0.1) is 0 Å². The number of aromatic nitrogens is 3. The molecule has 0 saturated heterocycles. The van der Waals surface area contributed by atoms with Crippen molar-refractivity contribution in [2.24, 2.45) is 0 Å². The smallest absolute Gasteiger partial charge is 0.209 e. The van der Waals surface area contributed by atoms with E-state index in [9.17, 15) is 0 Å². The van der Waals surface area contributed by atoms with Crippen LogP contribution in [-0.2, 0) is 7.59 Å². The molecule has 3 nitrogen and oxygen atoms in total. The third-order valence-corrected chi connectivity index (χ3v) is 4.81. The molecule has 0 saturated carbocycles. The molecule has 0 aliphatic carbocycles. The van der Waals surface area contributed by atoms with Gasteiger partial charge in [-0.3, -0.25) is 0 Å². The van der Waals surface area contributed by atoms with Gasteiger partial charge in [-0.15, -0.1) is 11.8 Å². The molecule has 0 N–H and O–H groups in total. The van der Waals surface area contributed by atoms with Gasteiger partial charge in [0.2, 0.25) is 7.59 Å². The summed E-state index contributed by atoms with van der Waals surface area (Å²) < 4.78 is -3.64. The van der Waals surface area contributed by atoms with Crippen molar-refractivity contribution >= 4 is 81.4 Å². The summed E-state index contributed by atoms with van der Waals surface area (Å²) in [5.74, 6) is 0.0268. The molecule has 0 amide bonds. The van der Waals surface area contributed by atoms with Crippen molar-refractivity contribution in [3.05, 3.63) is 35.9 Å². The maximum Gasteiger partial charge on any atom is 0.250 e.